The molecule has 2 aromatic rings. The summed E-state index contributed by atoms with van der Waals surface area (Å²) in [5.74, 6) is 1.67. The summed E-state index contributed by atoms with van der Waals surface area (Å²) in [6.07, 6.45) is 7.85. The Bertz CT molecular complexity index is 961. The molecule has 0 aromatic heterocycles. The van der Waals surface area contributed by atoms with E-state index in [0.717, 1.165) is 61.1 Å². The monoisotopic (exact) mass is 562 g/mol. The predicted molar refractivity (Wildman–Crippen MR) is 144 cm³/mol. The van der Waals surface area contributed by atoms with Crippen LogP contribution in [0.15, 0.2) is 54.6 Å². The van der Waals surface area contributed by atoms with E-state index in [9.17, 15) is 5.11 Å². The number of para-hydroxylation sites is 1. The van der Waals surface area contributed by atoms with Gasteiger partial charge in [-0.25, -0.2) is 0 Å². The standard InChI is InChI=1S/C29H38BrClNO3/c30-28-27(35-21-29(33,23-9-4-5-10-23)25-13-6-7-14-26(25)31)22-15-18-32(28,19-16-22)17-8-20-34-24-11-2-1-3-12-24/h1-3,6-7,11-14,22-23,27-28,33H,4-5,8-10,15-21H2/q+1/t22?,27-,28+,29?,32?/m1/s1. The highest BCUT2D eigenvalue weighted by Crippen LogP contribution is 2.46. The van der Waals surface area contributed by atoms with Crippen molar-refractivity contribution in [2.24, 2.45) is 11.8 Å². The SMILES string of the molecule is OC(CO[C@@H]1C2CC[N+](CCCOc3ccccc3)(CC2)[C@@H]1Br)(c1ccccc1Cl)C1CCCC1. The molecule has 0 radical (unpaired) electrons. The molecular formula is C29H38BrClNO3+. The lowest BCUT2D eigenvalue weighted by molar-refractivity contribution is -0.955. The summed E-state index contributed by atoms with van der Waals surface area (Å²) >= 11 is 10.7. The smallest absolute Gasteiger partial charge is 0.171 e. The summed E-state index contributed by atoms with van der Waals surface area (Å²) in [6, 6.07) is 17.8. The third-order valence-corrected chi connectivity index (χ3v) is 10.5. The van der Waals surface area contributed by atoms with Gasteiger partial charge in [0, 0.05) is 35.8 Å². The van der Waals surface area contributed by atoms with Gasteiger partial charge in [-0.15, -0.1) is 0 Å². The fourth-order valence-electron chi connectivity index (χ4n) is 6.72. The van der Waals surface area contributed by atoms with Crippen LogP contribution in [0.4, 0.5) is 0 Å². The molecule has 6 heteroatoms. The molecule has 3 atom stereocenters. The van der Waals surface area contributed by atoms with Crippen LogP contribution < -0.4 is 4.74 Å². The molecule has 1 aliphatic carbocycles. The minimum absolute atomic E-state index is 0.1000. The number of benzene rings is 2. The van der Waals surface area contributed by atoms with Gasteiger partial charge in [0.2, 0.25) is 0 Å². The highest BCUT2D eigenvalue weighted by molar-refractivity contribution is 9.09. The number of aliphatic hydroxyl groups is 1. The van der Waals surface area contributed by atoms with Gasteiger partial charge in [0.05, 0.1) is 32.8 Å². The molecule has 2 aromatic carbocycles. The molecule has 4 fully saturated rings. The topological polar surface area (TPSA) is 38.7 Å². The first-order valence-electron chi connectivity index (χ1n) is 13.3. The van der Waals surface area contributed by atoms with Crippen molar-refractivity contribution in [2.75, 3.05) is 32.8 Å². The number of fused-ring (bicyclic) bond motifs is 3. The molecule has 0 amide bonds. The Hall–Kier alpha value is -1.11. The van der Waals surface area contributed by atoms with E-state index in [1.165, 1.54) is 25.9 Å². The van der Waals surface area contributed by atoms with E-state index >= 15 is 0 Å². The Morgan fingerprint density at radius 1 is 0.971 bits per heavy atom. The second-order valence-electron chi connectivity index (χ2n) is 10.8. The highest BCUT2D eigenvalue weighted by atomic mass is 79.9. The quantitative estimate of drug-likeness (QED) is 0.155. The Balaban J connectivity index is 1.25. The van der Waals surface area contributed by atoms with Crippen LogP contribution in [0.5, 0.6) is 5.75 Å². The Kier molecular flexibility index (Phi) is 8.10. The molecule has 1 saturated carbocycles. The second-order valence-corrected chi connectivity index (χ2v) is 12.1. The van der Waals surface area contributed by atoms with E-state index in [1.807, 2.05) is 54.6 Å². The molecule has 3 aliphatic heterocycles. The molecule has 6 rings (SSSR count). The number of quaternary nitrogens is 1. The summed E-state index contributed by atoms with van der Waals surface area (Å²) in [6.45, 7) is 4.48. The van der Waals surface area contributed by atoms with Crippen molar-refractivity contribution in [3.63, 3.8) is 0 Å². The fraction of sp³-hybridized carbons (Fsp3) is 0.586. The maximum Gasteiger partial charge on any atom is 0.171 e. The van der Waals surface area contributed by atoms with Gasteiger partial charge in [0.15, 0.2) is 4.95 Å². The largest absolute Gasteiger partial charge is 0.493 e. The van der Waals surface area contributed by atoms with Crippen molar-refractivity contribution >= 4 is 27.5 Å². The Labute approximate surface area is 223 Å². The normalized spacial score (nSPS) is 30.3. The van der Waals surface area contributed by atoms with Crippen LogP contribution in [0.3, 0.4) is 0 Å². The number of ether oxygens (including phenoxy) is 2. The van der Waals surface area contributed by atoms with Crippen molar-refractivity contribution in [3.8, 4) is 5.75 Å². The number of alkyl halides is 1. The Morgan fingerprint density at radius 2 is 1.66 bits per heavy atom. The van der Waals surface area contributed by atoms with Gasteiger partial charge < -0.3 is 19.1 Å². The lowest BCUT2D eigenvalue weighted by Gasteiger charge is -2.56. The molecule has 2 bridgehead atoms. The van der Waals surface area contributed by atoms with Gasteiger partial charge in [-0.1, -0.05) is 60.8 Å². The fourth-order valence-corrected chi connectivity index (χ4v) is 8.21. The number of nitrogens with zero attached hydrogens (tertiary/aromatic N) is 1. The zero-order valence-electron chi connectivity index (χ0n) is 20.5. The number of rotatable bonds is 10. The minimum atomic E-state index is -1.04. The first-order chi connectivity index (χ1) is 17.0. The molecular weight excluding hydrogens is 526 g/mol. The summed E-state index contributed by atoms with van der Waals surface area (Å²) in [4.78, 5) is 0.241. The highest BCUT2D eigenvalue weighted by Gasteiger charge is 2.54. The van der Waals surface area contributed by atoms with Gasteiger partial charge in [0.25, 0.3) is 0 Å². The summed E-state index contributed by atoms with van der Waals surface area (Å²) in [5, 5.41) is 12.7. The summed E-state index contributed by atoms with van der Waals surface area (Å²) in [7, 11) is 0. The summed E-state index contributed by atoms with van der Waals surface area (Å²) in [5.41, 5.74) is -0.218. The van der Waals surface area contributed by atoms with Crippen molar-refractivity contribution in [1.82, 2.24) is 0 Å². The van der Waals surface area contributed by atoms with Crippen LogP contribution in [0.2, 0.25) is 5.02 Å². The van der Waals surface area contributed by atoms with E-state index in [0.29, 0.717) is 17.5 Å². The molecule has 3 saturated heterocycles. The van der Waals surface area contributed by atoms with Crippen LogP contribution in [0, 0.1) is 11.8 Å². The van der Waals surface area contributed by atoms with Crippen molar-refractivity contribution in [3.05, 3.63) is 65.2 Å². The van der Waals surface area contributed by atoms with Crippen LogP contribution in [0.1, 0.15) is 50.5 Å². The first kappa shape index (κ1) is 25.5. The zero-order chi connectivity index (χ0) is 24.3. The summed E-state index contributed by atoms with van der Waals surface area (Å²) < 4.78 is 13.7. The van der Waals surface area contributed by atoms with Crippen molar-refractivity contribution in [2.45, 2.75) is 61.6 Å². The van der Waals surface area contributed by atoms with E-state index in [2.05, 4.69) is 15.9 Å². The van der Waals surface area contributed by atoms with Gasteiger partial charge in [-0.3, -0.25) is 0 Å². The van der Waals surface area contributed by atoms with E-state index < -0.39 is 5.60 Å². The number of piperidine rings is 3. The van der Waals surface area contributed by atoms with E-state index in [4.69, 9.17) is 21.1 Å². The number of hydrogen-bond donors (Lipinski definition) is 1. The number of halogens is 2. The molecule has 190 valence electrons. The molecule has 4 aliphatic rings. The van der Waals surface area contributed by atoms with E-state index in [-0.39, 0.29) is 17.0 Å². The van der Waals surface area contributed by atoms with E-state index in [1.54, 1.807) is 0 Å². The van der Waals surface area contributed by atoms with Crippen LogP contribution in [-0.4, -0.2) is 53.5 Å². The van der Waals surface area contributed by atoms with Gasteiger partial charge >= 0.3 is 0 Å². The van der Waals surface area contributed by atoms with Crippen LogP contribution in [0.25, 0.3) is 0 Å². The van der Waals surface area contributed by atoms with Crippen molar-refractivity contribution < 1.29 is 19.1 Å². The molecule has 1 N–H and O–H groups in total. The maximum absolute atomic E-state index is 12.0. The predicted octanol–water partition coefficient (Wildman–Crippen LogP) is 6.53. The van der Waals surface area contributed by atoms with Crippen molar-refractivity contribution in [1.29, 1.82) is 0 Å². The average Bonchev–Trinajstić information content (AvgIpc) is 3.44. The van der Waals surface area contributed by atoms with Crippen LogP contribution >= 0.6 is 27.5 Å². The molecule has 3 heterocycles. The average molecular weight is 564 g/mol. The lowest BCUT2D eigenvalue weighted by atomic mass is 9.80. The number of hydrogen-bond acceptors (Lipinski definition) is 3. The lowest BCUT2D eigenvalue weighted by Crippen LogP contribution is -2.68. The minimum Gasteiger partial charge on any atom is -0.493 e. The third-order valence-electron chi connectivity index (χ3n) is 8.78. The van der Waals surface area contributed by atoms with Gasteiger partial charge in [-0.05, 0) is 52.9 Å². The zero-order valence-corrected chi connectivity index (χ0v) is 22.8. The van der Waals surface area contributed by atoms with Gasteiger partial charge in [-0.2, -0.15) is 0 Å². The second kappa shape index (κ2) is 11.1. The molecule has 1 unspecified atom stereocenters. The molecule has 4 nitrogen and oxygen atoms in total. The van der Waals surface area contributed by atoms with Gasteiger partial charge in [0.1, 0.15) is 17.5 Å². The first-order valence-corrected chi connectivity index (χ1v) is 14.6. The Morgan fingerprint density at radius 3 is 2.37 bits per heavy atom. The molecule has 0 spiro atoms. The molecule has 35 heavy (non-hydrogen) atoms. The van der Waals surface area contributed by atoms with Crippen LogP contribution in [-0.2, 0) is 10.3 Å². The maximum atomic E-state index is 12.0. The third kappa shape index (κ3) is 5.31.